The lowest BCUT2D eigenvalue weighted by Gasteiger charge is -2.24. The summed E-state index contributed by atoms with van der Waals surface area (Å²) in [5, 5.41) is 2.40. The third-order valence-corrected chi connectivity index (χ3v) is 5.17. The van der Waals surface area contributed by atoms with Gasteiger partial charge in [-0.15, -0.1) is 0 Å². The van der Waals surface area contributed by atoms with Crippen LogP contribution in [0.4, 0.5) is 24.5 Å². The van der Waals surface area contributed by atoms with Gasteiger partial charge in [-0.1, -0.05) is 18.2 Å². The molecular weight excluding hydrogens is 409 g/mol. The Hall–Kier alpha value is -2.75. The highest BCUT2D eigenvalue weighted by Gasteiger charge is 2.30. The molecule has 0 unspecified atom stereocenters. The Bertz CT molecular complexity index is 962. The molecule has 0 saturated heterocycles. The fraction of sp³-hybridized carbons (Fsp3) is 0.316. The quantitative estimate of drug-likeness (QED) is 0.689. The molecule has 0 bridgehead atoms. The Morgan fingerprint density at radius 2 is 1.83 bits per heavy atom. The summed E-state index contributed by atoms with van der Waals surface area (Å²) in [6, 6.07) is 10.9. The van der Waals surface area contributed by atoms with Crippen LogP contribution in [0.5, 0.6) is 5.75 Å². The van der Waals surface area contributed by atoms with E-state index in [2.05, 4.69) is 5.32 Å². The third kappa shape index (κ3) is 6.38. The molecule has 0 saturated carbocycles. The van der Waals surface area contributed by atoms with Crippen molar-refractivity contribution in [1.29, 1.82) is 0 Å². The molecule has 0 heterocycles. The molecule has 0 atom stereocenters. The molecule has 1 amide bonds. The number of carbonyl (C=O) groups is 1. The van der Waals surface area contributed by atoms with Crippen LogP contribution in [-0.4, -0.2) is 34.2 Å². The number of amides is 1. The molecule has 2 aromatic carbocycles. The lowest BCUT2D eigenvalue weighted by atomic mass is 10.2. The zero-order chi connectivity index (χ0) is 21.7. The molecule has 29 heavy (non-hydrogen) atoms. The zero-order valence-electron chi connectivity index (χ0n) is 15.9. The minimum atomic E-state index is -4.51. The molecule has 1 N–H and O–H groups in total. The van der Waals surface area contributed by atoms with Gasteiger partial charge in [-0.3, -0.25) is 9.10 Å². The highest BCUT2D eigenvalue weighted by molar-refractivity contribution is 7.92. The first-order chi connectivity index (χ1) is 13.5. The van der Waals surface area contributed by atoms with Gasteiger partial charge < -0.3 is 10.1 Å². The smallest absolute Gasteiger partial charge is 0.416 e. The van der Waals surface area contributed by atoms with Crippen molar-refractivity contribution in [1.82, 2.24) is 0 Å². The number of halogens is 3. The Labute approximate surface area is 167 Å². The van der Waals surface area contributed by atoms with Crippen molar-refractivity contribution < 1.29 is 31.1 Å². The average Bonchev–Trinajstić information content (AvgIpc) is 2.64. The van der Waals surface area contributed by atoms with Crippen LogP contribution in [0.15, 0.2) is 48.5 Å². The first kappa shape index (κ1) is 22.5. The van der Waals surface area contributed by atoms with Gasteiger partial charge in [0, 0.05) is 18.7 Å². The molecule has 0 aliphatic heterocycles. The first-order valence-corrected chi connectivity index (χ1v) is 10.4. The maximum atomic E-state index is 12.7. The summed E-state index contributed by atoms with van der Waals surface area (Å²) in [4.78, 5) is 12.1. The van der Waals surface area contributed by atoms with Crippen LogP contribution in [0.2, 0.25) is 0 Å². The maximum absolute atomic E-state index is 12.7. The SMILES string of the molecule is COc1ccccc1N(CCCC(=O)Nc1cccc(C(F)(F)F)c1)S(C)(=O)=O. The standard InChI is InChI=1S/C19H21F3N2O4S/c1-28-17-10-4-3-9-16(17)24(29(2,26)27)12-6-11-18(25)23-15-8-5-7-14(13-15)19(20,21)22/h3-5,7-10,13H,6,11-12H2,1-2H3,(H,23,25). The molecule has 2 rings (SSSR count). The predicted octanol–water partition coefficient (Wildman–Crippen LogP) is 3.90. The molecule has 2 aromatic rings. The fourth-order valence-corrected chi connectivity index (χ4v) is 3.65. The number of sulfonamides is 1. The van der Waals surface area contributed by atoms with Gasteiger partial charge in [-0.2, -0.15) is 13.2 Å². The van der Waals surface area contributed by atoms with Gasteiger partial charge in [0.05, 0.1) is 24.6 Å². The predicted molar refractivity (Wildman–Crippen MR) is 104 cm³/mol. The molecule has 0 aliphatic carbocycles. The van der Waals surface area contributed by atoms with Crippen molar-refractivity contribution in [3.63, 3.8) is 0 Å². The molecular formula is C19H21F3N2O4S. The summed E-state index contributed by atoms with van der Waals surface area (Å²) in [6.07, 6.45) is -3.37. The van der Waals surface area contributed by atoms with Crippen LogP contribution < -0.4 is 14.4 Å². The number of hydrogen-bond donors (Lipinski definition) is 1. The Morgan fingerprint density at radius 3 is 2.45 bits per heavy atom. The van der Waals surface area contributed by atoms with E-state index in [9.17, 15) is 26.4 Å². The molecule has 0 spiro atoms. The number of ether oxygens (including phenoxy) is 1. The second kappa shape index (κ2) is 9.17. The van der Waals surface area contributed by atoms with E-state index in [4.69, 9.17) is 4.74 Å². The highest BCUT2D eigenvalue weighted by atomic mass is 32.2. The van der Waals surface area contributed by atoms with E-state index >= 15 is 0 Å². The molecule has 0 radical (unpaired) electrons. The minimum Gasteiger partial charge on any atom is -0.495 e. The van der Waals surface area contributed by atoms with Gasteiger partial charge in [0.15, 0.2) is 0 Å². The van der Waals surface area contributed by atoms with E-state index in [1.165, 1.54) is 19.2 Å². The van der Waals surface area contributed by atoms with Crippen molar-refractivity contribution in [2.45, 2.75) is 19.0 Å². The van der Waals surface area contributed by atoms with Crippen LogP contribution in [0.3, 0.4) is 0 Å². The van der Waals surface area contributed by atoms with E-state index in [-0.39, 0.29) is 25.1 Å². The van der Waals surface area contributed by atoms with Crippen molar-refractivity contribution in [3.8, 4) is 5.75 Å². The molecule has 158 valence electrons. The number of benzene rings is 2. The number of carbonyl (C=O) groups excluding carboxylic acids is 1. The summed E-state index contributed by atoms with van der Waals surface area (Å²) in [6.45, 7) is 0.00914. The van der Waals surface area contributed by atoms with E-state index in [0.29, 0.717) is 11.4 Å². The van der Waals surface area contributed by atoms with E-state index in [1.54, 1.807) is 24.3 Å². The van der Waals surface area contributed by atoms with Gasteiger partial charge in [-0.05, 0) is 36.8 Å². The lowest BCUT2D eigenvalue weighted by Crippen LogP contribution is -2.31. The fourth-order valence-electron chi connectivity index (χ4n) is 2.68. The second-order valence-corrected chi connectivity index (χ2v) is 8.14. The number of anilines is 2. The van der Waals surface area contributed by atoms with Crippen LogP contribution >= 0.6 is 0 Å². The van der Waals surface area contributed by atoms with Gasteiger partial charge in [-0.25, -0.2) is 8.42 Å². The number of rotatable bonds is 8. The van der Waals surface area contributed by atoms with Gasteiger partial charge in [0.25, 0.3) is 0 Å². The van der Waals surface area contributed by atoms with Crippen molar-refractivity contribution >= 4 is 27.3 Å². The summed E-state index contributed by atoms with van der Waals surface area (Å²) < 4.78 is 68.9. The minimum absolute atomic E-state index is 0.00914. The van der Waals surface area contributed by atoms with Gasteiger partial charge in [0.2, 0.25) is 15.9 Å². The highest BCUT2D eigenvalue weighted by Crippen LogP contribution is 2.31. The normalized spacial score (nSPS) is 11.8. The van der Waals surface area contributed by atoms with Crippen LogP contribution in [0, 0.1) is 0 Å². The Morgan fingerprint density at radius 1 is 1.14 bits per heavy atom. The molecule has 0 fully saturated rings. The number of nitrogens with one attached hydrogen (secondary N) is 1. The van der Waals surface area contributed by atoms with E-state index < -0.39 is 27.7 Å². The summed E-state index contributed by atoms with van der Waals surface area (Å²) >= 11 is 0. The average molecular weight is 430 g/mol. The number of alkyl halides is 3. The number of methoxy groups -OCH3 is 1. The molecule has 0 aliphatic rings. The number of hydrogen-bond acceptors (Lipinski definition) is 4. The second-order valence-electron chi connectivity index (χ2n) is 6.24. The van der Waals surface area contributed by atoms with Crippen LogP contribution in [0.1, 0.15) is 18.4 Å². The maximum Gasteiger partial charge on any atom is 0.416 e. The van der Waals surface area contributed by atoms with Crippen LogP contribution in [-0.2, 0) is 21.0 Å². The Balaban J connectivity index is 2.02. The Kier molecular flexibility index (Phi) is 7.12. The molecule has 10 heteroatoms. The largest absolute Gasteiger partial charge is 0.495 e. The summed E-state index contributed by atoms with van der Waals surface area (Å²) in [5.74, 6) is -0.149. The first-order valence-electron chi connectivity index (χ1n) is 8.60. The monoisotopic (exact) mass is 430 g/mol. The van der Waals surface area contributed by atoms with Crippen molar-refractivity contribution in [2.75, 3.05) is 29.5 Å². The topological polar surface area (TPSA) is 75.7 Å². The third-order valence-electron chi connectivity index (χ3n) is 3.99. The molecule has 0 aromatic heterocycles. The summed E-state index contributed by atoms with van der Waals surface area (Å²) in [5.41, 5.74) is -0.500. The van der Waals surface area contributed by atoms with Gasteiger partial charge in [0.1, 0.15) is 5.75 Å². The lowest BCUT2D eigenvalue weighted by molar-refractivity contribution is -0.137. The number of para-hydroxylation sites is 2. The van der Waals surface area contributed by atoms with E-state index in [0.717, 1.165) is 22.7 Å². The van der Waals surface area contributed by atoms with Gasteiger partial charge >= 0.3 is 6.18 Å². The number of nitrogens with zero attached hydrogens (tertiary/aromatic N) is 1. The van der Waals surface area contributed by atoms with Crippen molar-refractivity contribution in [2.24, 2.45) is 0 Å². The van der Waals surface area contributed by atoms with Crippen LogP contribution in [0.25, 0.3) is 0 Å². The van der Waals surface area contributed by atoms with E-state index in [1.807, 2.05) is 0 Å². The van der Waals surface area contributed by atoms with Crippen molar-refractivity contribution in [3.05, 3.63) is 54.1 Å². The molecule has 6 nitrogen and oxygen atoms in total. The summed E-state index contributed by atoms with van der Waals surface area (Å²) in [7, 11) is -2.21. The zero-order valence-corrected chi connectivity index (χ0v) is 16.7.